The normalized spacial score (nSPS) is 17.7. The molecule has 2 unspecified atom stereocenters. The summed E-state index contributed by atoms with van der Waals surface area (Å²) in [6.45, 7) is 3.50. The van der Waals surface area contributed by atoms with Crippen molar-refractivity contribution in [3.8, 4) is 0 Å². The fourth-order valence-electron chi connectivity index (χ4n) is 3.78. The van der Waals surface area contributed by atoms with Crippen molar-refractivity contribution in [2.75, 3.05) is 20.6 Å². The lowest BCUT2D eigenvalue weighted by Crippen LogP contribution is -2.17. The van der Waals surface area contributed by atoms with Gasteiger partial charge in [-0.15, -0.1) is 0 Å². The highest BCUT2D eigenvalue weighted by Gasteiger charge is 2.25. The predicted octanol–water partition coefficient (Wildman–Crippen LogP) is 4.14. The summed E-state index contributed by atoms with van der Waals surface area (Å²) in [7, 11) is 4.33. The van der Waals surface area contributed by atoms with Gasteiger partial charge >= 0.3 is 11.9 Å². The summed E-state index contributed by atoms with van der Waals surface area (Å²) < 4.78 is 0. The third-order valence-corrected chi connectivity index (χ3v) is 5.18. The van der Waals surface area contributed by atoms with Gasteiger partial charge in [0.25, 0.3) is 0 Å². The lowest BCUT2D eigenvalue weighted by molar-refractivity contribution is -0.134. The quantitative estimate of drug-likeness (QED) is 0.744. The zero-order valence-corrected chi connectivity index (χ0v) is 17.2. The summed E-state index contributed by atoms with van der Waals surface area (Å²) in [6, 6.07) is 18.0. The van der Waals surface area contributed by atoms with Crippen molar-refractivity contribution < 1.29 is 19.8 Å². The van der Waals surface area contributed by atoms with Gasteiger partial charge in [0.1, 0.15) is 0 Å². The third-order valence-electron chi connectivity index (χ3n) is 5.18. The Morgan fingerprint density at radius 1 is 0.931 bits per heavy atom. The van der Waals surface area contributed by atoms with E-state index in [1.54, 1.807) is 5.56 Å². The van der Waals surface area contributed by atoms with Crippen LogP contribution in [0.25, 0.3) is 0 Å². The molecule has 0 fully saturated rings. The molecule has 0 aliphatic heterocycles. The van der Waals surface area contributed by atoms with E-state index in [0.29, 0.717) is 24.0 Å². The maximum Gasteiger partial charge on any atom is 0.328 e. The zero-order valence-electron chi connectivity index (χ0n) is 17.2. The number of hydrogen-bond acceptors (Lipinski definition) is 3. The molecule has 5 nitrogen and oxygen atoms in total. The second-order valence-electron chi connectivity index (χ2n) is 7.55. The smallest absolute Gasteiger partial charge is 0.328 e. The number of carboxylic acids is 2. The Kier molecular flexibility index (Phi) is 8.16. The molecule has 154 valence electrons. The molecule has 0 saturated carbocycles. The van der Waals surface area contributed by atoms with Crippen LogP contribution in [0.1, 0.15) is 47.4 Å². The molecule has 0 radical (unpaired) electrons. The molecular formula is C24H29NO4. The molecule has 2 atom stereocenters. The molecule has 3 rings (SSSR count). The molecule has 0 spiro atoms. The van der Waals surface area contributed by atoms with Crippen LogP contribution in [-0.4, -0.2) is 47.7 Å². The summed E-state index contributed by atoms with van der Waals surface area (Å²) in [6.07, 6.45) is 3.51. The highest BCUT2D eigenvalue weighted by Crippen LogP contribution is 2.39. The van der Waals surface area contributed by atoms with Crippen molar-refractivity contribution in [1.82, 2.24) is 4.90 Å². The van der Waals surface area contributed by atoms with E-state index in [2.05, 4.69) is 74.4 Å². The van der Waals surface area contributed by atoms with Crippen molar-refractivity contribution in [3.05, 3.63) is 82.9 Å². The third kappa shape index (κ3) is 6.57. The van der Waals surface area contributed by atoms with Crippen LogP contribution >= 0.6 is 0 Å². The van der Waals surface area contributed by atoms with Gasteiger partial charge in [-0.3, -0.25) is 0 Å². The number of benzene rings is 2. The Morgan fingerprint density at radius 3 is 2.00 bits per heavy atom. The minimum atomic E-state index is -1.26. The Labute approximate surface area is 172 Å². The number of fused-ring (bicyclic) bond motifs is 2. The van der Waals surface area contributed by atoms with Crippen LogP contribution in [0, 0.1) is 0 Å². The first-order chi connectivity index (χ1) is 13.8. The number of carbonyl (C=O) groups is 2. The van der Waals surface area contributed by atoms with E-state index in [0.717, 1.165) is 6.54 Å². The van der Waals surface area contributed by atoms with Crippen molar-refractivity contribution in [2.24, 2.45) is 0 Å². The summed E-state index contributed by atoms with van der Waals surface area (Å²) in [4.78, 5) is 21.4. The lowest BCUT2D eigenvalue weighted by atomic mass is 9.87. The molecule has 0 bridgehead atoms. The topological polar surface area (TPSA) is 77.8 Å². The van der Waals surface area contributed by atoms with E-state index in [1.807, 2.05) is 0 Å². The minimum Gasteiger partial charge on any atom is -0.478 e. The van der Waals surface area contributed by atoms with Gasteiger partial charge in [-0.25, -0.2) is 9.59 Å². The predicted molar refractivity (Wildman–Crippen MR) is 114 cm³/mol. The van der Waals surface area contributed by atoms with Gasteiger partial charge in [0.05, 0.1) is 0 Å². The van der Waals surface area contributed by atoms with Crippen molar-refractivity contribution in [3.63, 3.8) is 0 Å². The highest BCUT2D eigenvalue weighted by atomic mass is 16.4. The van der Waals surface area contributed by atoms with Gasteiger partial charge in [-0.1, -0.05) is 55.5 Å². The van der Waals surface area contributed by atoms with Crippen LogP contribution in [0.3, 0.4) is 0 Å². The molecule has 0 amide bonds. The average molecular weight is 395 g/mol. The van der Waals surface area contributed by atoms with Crippen LogP contribution < -0.4 is 0 Å². The summed E-state index contributed by atoms with van der Waals surface area (Å²) in [5.74, 6) is -1.38. The fraction of sp³-hybridized carbons (Fsp3) is 0.333. The van der Waals surface area contributed by atoms with E-state index in [4.69, 9.17) is 10.2 Å². The molecule has 1 aliphatic rings. The van der Waals surface area contributed by atoms with Gasteiger partial charge in [0.2, 0.25) is 0 Å². The Morgan fingerprint density at radius 2 is 1.45 bits per heavy atom. The van der Waals surface area contributed by atoms with Gasteiger partial charge in [0.15, 0.2) is 0 Å². The van der Waals surface area contributed by atoms with Crippen molar-refractivity contribution in [2.45, 2.75) is 31.6 Å². The van der Waals surface area contributed by atoms with E-state index in [-0.39, 0.29) is 0 Å². The van der Waals surface area contributed by atoms with Gasteiger partial charge in [0, 0.05) is 18.1 Å². The van der Waals surface area contributed by atoms with E-state index < -0.39 is 11.9 Å². The second kappa shape index (κ2) is 10.6. The number of nitrogens with zero attached hydrogens (tertiary/aromatic N) is 1. The number of aliphatic carboxylic acids is 2. The molecule has 5 heteroatoms. The van der Waals surface area contributed by atoms with Crippen LogP contribution in [0.15, 0.2) is 60.7 Å². The highest BCUT2D eigenvalue weighted by molar-refractivity contribution is 5.89. The molecule has 29 heavy (non-hydrogen) atoms. The fourth-order valence-corrected chi connectivity index (χ4v) is 3.78. The van der Waals surface area contributed by atoms with Gasteiger partial charge < -0.3 is 15.1 Å². The Bertz CT molecular complexity index is 857. The average Bonchev–Trinajstić information content (AvgIpc) is 2.81. The summed E-state index contributed by atoms with van der Waals surface area (Å²) >= 11 is 0. The Hall–Kier alpha value is -2.92. The maximum atomic E-state index is 9.55. The molecular weight excluding hydrogens is 366 g/mol. The van der Waals surface area contributed by atoms with E-state index in [9.17, 15) is 9.59 Å². The first kappa shape index (κ1) is 22.4. The minimum absolute atomic E-state index is 0.502. The van der Waals surface area contributed by atoms with Crippen LogP contribution in [-0.2, 0) is 16.0 Å². The molecule has 0 saturated heterocycles. The van der Waals surface area contributed by atoms with Crippen LogP contribution in [0.5, 0.6) is 0 Å². The monoisotopic (exact) mass is 395 g/mol. The molecule has 2 aromatic carbocycles. The first-order valence-electron chi connectivity index (χ1n) is 9.74. The number of carboxylic acid groups (broad SMARTS) is 2. The molecule has 2 N–H and O–H groups in total. The van der Waals surface area contributed by atoms with Crippen molar-refractivity contribution >= 4 is 11.9 Å². The van der Waals surface area contributed by atoms with Gasteiger partial charge in [-0.2, -0.15) is 0 Å². The van der Waals surface area contributed by atoms with Crippen LogP contribution in [0.4, 0.5) is 0 Å². The van der Waals surface area contributed by atoms with E-state index >= 15 is 0 Å². The zero-order chi connectivity index (χ0) is 21.4. The second-order valence-corrected chi connectivity index (χ2v) is 7.55. The van der Waals surface area contributed by atoms with E-state index in [1.165, 1.54) is 29.5 Å². The molecule has 2 aromatic rings. The maximum absolute atomic E-state index is 9.55. The first-order valence-corrected chi connectivity index (χ1v) is 9.74. The molecule has 0 aromatic heterocycles. The largest absolute Gasteiger partial charge is 0.478 e. The SMILES string of the molecule is CC1c2ccccc2CC(CCN(C)C)c2ccccc21.O=C(O)/C=C\C(=O)O. The van der Waals surface area contributed by atoms with Crippen molar-refractivity contribution in [1.29, 1.82) is 0 Å². The summed E-state index contributed by atoms with van der Waals surface area (Å²) in [5.41, 5.74) is 6.12. The van der Waals surface area contributed by atoms with Crippen LogP contribution in [0.2, 0.25) is 0 Å². The Balaban J connectivity index is 0.000000321. The molecule has 0 heterocycles. The number of rotatable bonds is 5. The molecule has 1 aliphatic carbocycles. The number of hydrogen-bond donors (Lipinski definition) is 2. The summed E-state index contributed by atoms with van der Waals surface area (Å²) in [5, 5.41) is 15.6. The lowest BCUT2D eigenvalue weighted by Gasteiger charge is -2.21. The standard InChI is InChI=1S/C20H25N.C4H4O4/c1-15-18-9-5-4-8-16(18)14-17(12-13-21(2)3)20-11-7-6-10-19(15)20;5-3(6)1-2-4(7)8/h4-11,15,17H,12-14H2,1-3H3;1-2H,(H,5,6)(H,7,8)/b;2-1-. The van der Waals surface area contributed by atoms with Gasteiger partial charge in [-0.05, 0) is 61.7 Å².